The molecule has 2 amide bonds. The van der Waals surface area contributed by atoms with Crippen molar-refractivity contribution in [3.63, 3.8) is 0 Å². The summed E-state index contributed by atoms with van der Waals surface area (Å²) in [5, 5.41) is 15.9. The Balaban J connectivity index is 1.32. The Labute approximate surface area is 180 Å². The van der Waals surface area contributed by atoms with Gasteiger partial charge in [-0.2, -0.15) is 0 Å². The van der Waals surface area contributed by atoms with Gasteiger partial charge in [-0.3, -0.25) is 9.47 Å². The number of H-pyrrole nitrogens is 1. The molecular weight excluding hydrogens is 394 g/mol. The number of aromatic amines is 1. The van der Waals surface area contributed by atoms with Crippen molar-refractivity contribution in [3.05, 3.63) is 82.0 Å². The van der Waals surface area contributed by atoms with Gasteiger partial charge in [-0.15, -0.1) is 0 Å². The fourth-order valence-corrected chi connectivity index (χ4v) is 3.98. The van der Waals surface area contributed by atoms with Gasteiger partial charge in [0.25, 0.3) is 0 Å². The van der Waals surface area contributed by atoms with Crippen LogP contribution in [0.1, 0.15) is 16.8 Å². The summed E-state index contributed by atoms with van der Waals surface area (Å²) in [6, 6.07) is 15.0. The van der Waals surface area contributed by atoms with Gasteiger partial charge in [0.2, 0.25) is 0 Å². The molecule has 1 atom stereocenters. The number of aryl methyl sites for hydroxylation is 1. The van der Waals surface area contributed by atoms with Gasteiger partial charge in [0, 0.05) is 38.1 Å². The predicted octanol–water partition coefficient (Wildman–Crippen LogP) is 2.01. The van der Waals surface area contributed by atoms with Crippen molar-refractivity contribution in [1.82, 2.24) is 19.8 Å². The van der Waals surface area contributed by atoms with Crippen LogP contribution in [-0.4, -0.2) is 51.3 Å². The number of urea groups is 1. The van der Waals surface area contributed by atoms with Crippen molar-refractivity contribution in [2.75, 3.05) is 25.0 Å². The second kappa shape index (κ2) is 9.20. The Morgan fingerprint density at radius 2 is 1.90 bits per heavy atom. The zero-order chi connectivity index (χ0) is 21.8. The van der Waals surface area contributed by atoms with E-state index in [0.29, 0.717) is 17.9 Å². The van der Waals surface area contributed by atoms with E-state index < -0.39 is 12.1 Å². The van der Waals surface area contributed by atoms with Gasteiger partial charge in [-0.05, 0) is 36.6 Å². The number of para-hydroxylation sites is 2. The minimum Gasteiger partial charge on any atom is -0.390 e. The van der Waals surface area contributed by atoms with Crippen LogP contribution in [-0.2, 0) is 13.0 Å². The lowest BCUT2D eigenvalue weighted by atomic mass is 10.00. The summed E-state index contributed by atoms with van der Waals surface area (Å²) < 4.78 is 1.50. The van der Waals surface area contributed by atoms with Crippen LogP contribution in [0.15, 0.2) is 59.5 Å². The highest BCUT2D eigenvalue weighted by atomic mass is 16.3. The molecule has 162 valence electrons. The number of carbonyl (C=O) groups is 1. The molecule has 1 aliphatic heterocycles. The number of anilines is 1. The SMILES string of the molecule is Cc1c[nH]c(=O)n1-c1ccccc1NC(=O)NCC(O)CN1CCc2ccccc2C1. The molecule has 3 aromatic rings. The summed E-state index contributed by atoms with van der Waals surface area (Å²) in [6.07, 6.45) is 1.90. The molecule has 0 spiro atoms. The van der Waals surface area contributed by atoms with Gasteiger partial charge in [0.15, 0.2) is 0 Å². The van der Waals surface area contributed by atoms with Crippen molar-refractivity contribution in [1.29, 1.82) is 0 Å². The molecule has 8 nitrogen and oxygen atoms in total. The van der Waals surface area contributed by atoms with Crippen molar-refractivity contribution >= 4 is 11.7 Å². The van der Waals surface area contributed by atoms with Crippen molar-refractivity contribution in [2.24, 2.45) is 0 Å². The van der Waals surface area contributed by atoms with Crippen LogP contribution in [0.4, 0.5) is 10.5 Å². The maximum absolute atomic E-state index is 12.4. The highest BCUT2D eigenvalue weighted by Crippen LogP contribution is 2.20. The van der Waals surface area contributed by atoms with E-state index in [9.17, 15) is 14.7 Å². The highest BCUT2D eigenvalue weighted by Gasteiger charge is 2.19. The Morgan fingerprint density at radius 1 is 1.16 bits per heavy atom. The number of benzene rings is 2. The van der Waals surface area contributed by atoms with E-state index in [1.54, 1.807) is 30.5 Å². The third kappa shape index (κ3) is 4.87. The molecule has 1 aromatic heterocycles. The van der Waals surface area contributed by atoms with E-state index in [1.165, 1.54) is 15.7 Å². The summed E-state index contributed by atoms with van der Waals surface area (Å²) in [6.45, 7) is 4.12. The number of β-amino-alcohol motifs (C(OH)–C–C–N with tert-alkyl or cyclic N) is 1. The molecule has 0 saturated heterocycles. The number of aromatic nitrogens is 2. The molecule has 4 rings (SSSR count). The standard InChI is InChI=1S/C23H27N5O3/c1-16-12-25-23(31)28(16)21-9-5-4-8-20(21)26-22(30)24-13-19(29)15-27-11-10-17-6-2-3-7-18(17)14-27/h2-9,12,19,29H,10-11,13-15H2,1H3,(H,25,31)(H2,24,26,30). The predicted molar refractivity (Wildman–Crippen MR) is 120 cm³/mol. The number of imidazole rings is 1. The van der Waals surface area contributed by atoms with E-state index in [4.69, 9.17) is 0 Å². The Morgan fingerprint density at radius 3 is 2.68 bits per heavy atom. The van der Waals surface area contributed by atoms with Crippen LogP contribution in [0, 0.1) is 6.92 Å². The van der Waals surface area contributed by atoms with Crippen LogP contribution in [0.25, 0.3) is 5.69 Å². The number of amides is 2. The Hall–Kier alpha value is -3.36. The van der Waals surface area contributed by atoms with Gasteiger partial charge in [-0.1, -0.05) is 36.4 Å². The lowest BCUT2D eigenvalue weighted by Crippen LogP contribution is -2.43. The largest absolute Gasteiger partial charge is 0.390 e. The number of nitrogens with one attached hydrogen (secondary N) is 3. The maximum atomic E-state index is 12.4. The third-order valence-electron chi connectivity index (χ3n) is 5.53. The second-order valence-corrected chi connectivity index (χ2v) is 7.83. The van der Waals surface area contributed by atoms with E-state index in [1.807, 2.05) is 13.0 Å². The molecule has 31 heavy (non-hydrogen) atoms. The lowest BCUT2D eigenvalue weighted by Gasteiger charge is -2.30. The number of aliphatic hydroxyl groups excluding tert-OH is 1. The summed E-state index contributed by atoms with van der Waals surface area (Å²) >= 11 is 0. The number of aliphatic hydroxyl groups is 1. The first-order valence-corrected chi connectivity index (χ1v) is 10.4. The second-order valence-electron chi connectivity index (χ2n) is 7.83. The monoisotopic (exact) mass is 421 g/mol. The average Bonchev–Trinajstić information content (AvgIpc) is 3.10. The minimum absolute atomic E-state index is 0.134. The molecule has 0 saturated carbocycles. The zero-order valence-corrected chi connectivity index (χ0v) is 17.5. The van der Waals surface area contributed by atoms with E-state index in [2.05, 4.69) is 38.7 Å². The number of carbonyl (C=O) groups excluding carboxylic acids is 1. The molecule has 4 N–H and O–H groups in total. The van der Waals surface area contributed by atoms with Gasteiger partial charge in [0.05, 0.1) is 17.5 Å². The van der Waals surface area contributed by atoms with Crippen LogP contribution in [0.2, 0.25) is 0 Å². The maximum Gasteiger partial charge on any atom is 0.330 e. The normalized spacial score (nSPS) is 14.6. The van der Waals surface area contributed by atoms with Crippen LogP contribution in [0.3, 0.4) is 0 Å². The summed E-state index contributed by atoms with van der Waals surface area (Å²) in [5.41, 5.74) is 4.20. The Bertz CT molecular complexity index is 1120. The fraction of sp³-hybridized carbons (Fsp3) is 0.304. The number of fused-ring (bicyclic) bond motifs is 1. The molecule has 0 aliphatic carbocycles. The number of hydrogen-bond acceptors (Lipinski definition) is 4. The van der Waals surface area contributed by atoms with Gasteiger partial charge in [0.1, 0.15) is 0 Å². The number of hydrogen-bond donors (Lipinski definition) is 4. The molecule has 2 aromatic carbocycles. The first-order valence-electron chi connectivity index (χ1n) is 10.4. The molecular formula is C23H27N5O3. The summed E-state index contributed by atoms with van der Waals surface area (Å²) in [7, 11) is 0. The Kier molecular flexibility index (Phi) is 6.20. The molecule has 8 heteroatoms. The smallest absolute Gasteiger partial charge is 0.330 e. The van der Waals surface area contributed by atoms with E-state index in [-0.39, 0.29) is 12.2 Å². The van der Waals surface area contributed by atoms with Crippen LogP contribution >= 0.6 is 0 Å². The molecule has 0 fully saturated rings. The minimum atomic E-state index is -0.680. The average molecular weight is 422 g/mol. The topological polar surface area (TPSA) is 102 Å². The summed E-state index contributed by atoms with van der Waals surface area (Å²) in [5.74, 6) is 0. The van der Waals surface area contributed by atoms with E-state index >= 15 is 0 Å². The first-order chi connectivity index (χ1) is 15.0. The van der Waals surface area contributed by atoms with Gasteiger partial charge < -0.3 is 20.7 Å². The van der Waals surface area contributed by atoms with Crippen molar-refractivity contribution in [2.45, 2.75) is 26.0 Å². The molecule has 1 unspecified atom stereocenters. The van der Waals surface area contributed by atoms with Crippen molar-refractivity contribution < 1.29 is 9.90 Å². The van der Waals surface area contributed by atoms with Crippen LogP contribution in [0.5, 0.6) is 0 Å². The van der Waals surface area contributed by atoms with Gasteiger partial charge >= 0.3 is 11.7 Å². The lowest BCUT2D eigenvalue weighted by molar-refractivity contribution is 0.106. The zero-order valence-electron chi connectivity index (χ0n) is 17.5. The molecule has 0 radical (unpaired) electrons. The van der Waals surface area contributed by atoms with Gasteiger partial charge in [-0.25, -0.2) is 9.59 Å². The molecule has 1 aliphatic rings. The fourth-order valence-electron chi connectivity index (χ4n) is 3.98. The highest BCUT2D eigenvalue weighted by molar-refractivity contribution is 5.91. The van der Waals surface area contributed by atoms with E-state index in [0.717, 1.165) is 25.2 Å². The van der Waals surface area contributed by atoms with Crippen molar-refractivity contribution in [3.8, 4) is 5.69 Å². The molecule has 2 heterocycles. The number of rotatable bonds is 6. The number of nitrogens with zero attached hydrogens (tertiary/aromatic N) is 2. The quantitative estimate of drug-likeness (QED) is 0.489. The molecule has 0 bridgehead atoms. The first kappa shape index (κ1) is 20.9. The summed E-state index contributed by atoms with van der Waals surface area (Å²) in [4.78, 5) is 29.4. The van der Waals surface area contributed by atoms with Crippen LogP contribution < -0.4 is 16.3 Å². The third-order valence-corrected chi connectivity index (χ3v) is 5.53.